The maximum atomic E-state index is 11.7. The lowest BCUT2D eigenvalue weighted by Crippen LogP contribution is -2.21. The van der Waals surface area contributed by atoms with Gasteiger partial charge in [-0.05, 0) is 18.8 Å². The SMILES string of the molecule is CCCc1c(C(=O)OC)nnn1CC(O)CC1CCCC1. The number of carbonyl (C=O) groups is 1. The highest BCUT2D eigenvalue weighted by molar-refractivity contribution is 5.88. The van der Waals surface area contributed by atoms with E-state index in [1.165, 1.54) is 32.8 Å². The fraction of sp³-hybridized carbons (Fsp3) is 0.800. The first-order chi connectivity index (χ1) is 10.2. The molecular formula is C15H25N3O3. The first-order valence-corrected chi connectivity index (χ1v) is 7.84. The van der Waals surface area contributed by atoms with Crippen LogP contribution in [-0.2, 0) is 17.7 Å². The Kier molecular flexibility index (Phi) is 5.73. The number of aliphatic hydroxyl groups is 1. The summed E-state index contributed by atoms with van der Waals surface area (Å²) in [5.41, 5.74) is 1.03. The average Bonchev–Trinajstić information content (AvgIpc) is 3.09. The molecule has 1 aromatic heterocycles. The minimum absolute atomic E-state index is 0.271. The third-order valence-corrected chi connectivity index (χ3v) is 4.17. The molecule has 1 aliphatic rings. The lowest BCUT2D eigenvalue weighted by molar-refractivity contribution is 0.0592. The van der Waals surface area contributed by atoms with Crippen LogP contribution in [0, 0.1) is 5.92 Å². The van der Waals surface area contributed by atoms with Crippen molar-refractivity contribution in [2.24, 2.45) is 5.92 Å². The molecular weight excluding hydrogens is 270 g/mol. The molecule has 1 unspecified atom stereocenters. The second-order valence-electron chi connectivity index (χ2n) is 5.85. The van der Waals surface area contributed by atoms with Crippen LogP contribution in [0.15, 0.2) is 0 Å². The Morgan fingerprint density at radius 2 is 2.19 bits per heavy atom. The van der Waals surface area contributed by atoms with E-state index in [2.05, 4.69) is 10.3 Å². The van der Waals surface area contributed by atoms with E-state index in [0.717, 1.165) is 18.5 Å². The molecule has 1 N–H and O–H groups in total. The van der Waals surface area contributed by atoms with Gasteiger partial charge in [-0.25, -0.2) is 9.48 Å². The molecule has 0 saturated heterocycles. The first kappa shape index (κ1) is 15.9. The summed E-state index contributed by atoms with van der Waals surface area (Å²) in [5.74, 6) is 0.160. The highest BCUT2D eigenvalue weighted by atomic mass is 16.5. The van der Waals surface area contributed by atoms with Crippen LogP contribution in [0.2, 0.25) is 0 Å². The molecule has 0 radical (unpaired) electrons. The summed E-state index contributed by atoms with van der Waals surface area (Å²) in [4.78, 5) is 11.7. The van der Waals surface area contributed by atoms with Crippen molar-refractivity contribution in [3.8, 4) is 0 Å². The fourth-order valence-corrected chi connectivity index (χ4v) is 3.12. The number of carbonyl (C=O) groups excluding carboxylic acids is 1. The molecule has 6 heteroatoms. The molecule has 0 spiro atoms. The second kappa shape index (κ2) is 7.54. The van der Waals surface area contributed by atoms with Crippen LogP contribution < -0.4 is 0 Å². The fourth-order valence-electron chi connectivity index (χ4n) is 3.12. The lowest BCUT2D eigenvalue weighted by atomic mass is 10.00. The van der Waals surface area contributed by atoms with E-state index in [0.29, 0.717) is 18.9 Å². The van der Waals surface area contributed by atoms with Crippen LogP contribution in [0.4, 0.5) is 0 Å². The van der Waals surface area contributed by atoms with E-state index in [1.807, 2.05) is 6.92 Å². The number of hydrogen-bond acceptors (Lipinski definition) is 5. The van der Waals surface area contributed by atoms with Gasteiger partial charge in [0.15, 0.2) is 5.69 Å². The van der Waals surface area contributed by atoms with Gasteiger partial charge in [-0.1, -0.05) is 44.2 Å². The maximum absolute atomic E-state index is 11.7. The molecule has 0 bridgehead atoms. The second-order valence-corrected chi connectivity index (χ2v) is 5.85. The van der Waals surface area contributed by atoms with Gasteiger partial charge in [0.2, 0.25) is 0 Å². The molecule has 118 valence electrons. The van der Waals surface area contributed by atoms with Crippen molar-refractivity contribution in [2.75, 3.05) is 7.11 Å². The summed E-state index contributed by atoms with van der Waals surface area (Å²) >= 11 is 0. The van der Waals surface area contributed by atoms with Gasteiger partial charge in [-0.3, -0.25) is 0 Å². The van der Waals surface area contributed by atoms with E-state index in [-0.39, 0.29) is 5.69 Å². The number of aliphatic hydroxyl groups excluding tert-OH is 1. The van der Waals surface area contributed by atoms with Crippen LogP contribution in [0.3, 0.4) is 0 Å². The quantitative estimate of drug-likeness (QED) is 0.778. The Labute approximate surface area is 125 Å². The molecule has 1 atom stereocenters. The molecule has 2 rings (SSSR count). The van der Waals surface area contributed by atoms with Crippen molar-refractivity contribution in [3.63, 3.8) is 0 Å². The van der Waals surface area contributed by atoms with Crippen LogP contribution in [-0.4, -0.2) is 39.3 Å². The number of aromatic nitrogens is 3. The molecule has 0 amide bonds. The Bertz CT molecular complexity index is 467. The zero-order chi connectivity index (χ0) is 15.2. The summed E-state index contributed by atoms with van der Waals surface area (Å²) in [6.07, 6.45) is 6.93. The lowest BCUT2D eigenvalue weighted by Gasteiger charge is -2.16. The van der Waals surface area contributed by atoms with E-state index in [4.69, 9.17) is 4.74 Å². The average molecular weight is 295 g/mol. The third-order valence-electron chi connectivity index (χ3n) is 4.17. The van der Waals surface area contributed by atoms with Crippen LogP contribution in [0.5, 0.6) is 0 Å². The minimum Gasteiger partial charge on any atom is -0.464 e. The van der Waals surface area contributed by atoms with Gasteiger partial charge in [-0.2, -0.15) is 0 Å². The number of esters is 1. The Morgan fingerprint density at radius 3 is 2.81 bits per heavy atom. The van der Waals surface area contributed by atoms with Gasteiger partial charge in [0.25, 0.3) is 0 Å². The maximum Gasteiger partial charge on any atom is 0.360 e. The highest BCUT2D eigenvalue weighted by Crippen LogP contribution is 2.29. The van der Waals surface area contributed by atoms with E-state index in [9.17, 15) is 9.90 Å². The molecule has 0 aromatic carbocycles. The van der Waals surface area contributed by atoms with Gasteiger partial charge in [0.1, 0.15) is 0 Å². The van der Waals surface area contributed by atoms with Gasteiger partial charge in [0.05, 0.1) is 25.5 Å². The predicted molar refractivity (Wildman–Crippen MR) is 77.9 cm³/mol. The normalized spacial score (nSPS) is 17.1. The van der Waals surface area contributed by atoms with E-state index < -0.39 is 12.1 Å². The van der Waals surface area contributed by atoms with Gasteiger partial charge in [0, 0.05) is 0 Å². The van der Waals surface area contributed by atoms with Gasteiger partial charge in [-0.15, -0.1) is 5.10 Å². The molecule has 1 aliphatic carbocycles. The molecule has 0 aliphatic heterocycles. The van der Waals surface area contributed by atoms with E-state index >= 15 is 0 Å². The molecule has 21 heavy (non-hydrogen) atoms. The Hall–Kier alpha value is -1.43. The van der Waals surface area contributed by atoms with Crippen molar-refractivity contribution in [1.82, 2.24) is 15.0 Å². The number of methoxy groups -OCH3 is 1. The van der Waals surface area contributed by atoms with Crippen LogP contribution in [0.1, 0.15) is 61.6 Å². The van der Waals surface area contributed by atoms with Crippen molar-refractivity contribution in [2.45, 2.75) is 64.5 Å². The van der Waals surface area contributed by atoms with Crippen molar-refractivity contribution in [1.29, 1.82) is 0 Å². The smallest absolute Gasteiger partial charge is 0.360 e. The van der Waals surface area contributed by atoms with Crippen molar-refractivity contribution >= 4 is 5.97 Å². The minimum atomic E-state index is -0.463. The van der Waals surface area contributed by atoms with Crippen molar-refractivity contribution in [3.05, 3.63) is 11.4 Å². The third kappa shape index (κ3) is 4.03. The number of rotatable bonds is 7. The molecule has 6 nitrogen and oxygen atoms in total. The van der Waals surface area contributed by atoms with Crippen LogP contribution in [0.25, 0.3) is 0 Å². The largest absolute Gasteiger partial charge is 0.464 e. The zero-order valence-electron chi connectivity index (χ0n) is 12.9. The molecule has 1 saturated carbocycles. The Morgan fingerprint density at radius 1 is 1.48 bits per heavy atom. The van der Waals surface area contributed by atoms with E-state index in [1.54, 1.807) is 4.68 Å². The van der Waals surface area contributed by atoms with Crippen LogP contribution >= 0.6 is 0 Å². The van der Waals surface area contributed by atoms with Crippen molar-refractivity contribution < 1.29 is 14.6 Å². The summed E-state index contributed by atoms with van der Waals surface area (Å²) in [6, 6.07) is 0. The molecule has 1 fully saturated rings. The monoisotopic (exact) mass is 295 g/mol. The van der Waals surface area contributed by atoms with Gasteiger partial charge >= 0.3 is 5.97 Å². The molecule has 1 aromatic rings. The first-order valence-electron chi connectivity index (χ1n) is 7.84. The van der Waals surface area contributed by atoms with Gasteiger partial charge < -0.3 is 9.84 Å². The summed E-state index contributed by atoms with van der Waals surface area (Å²) < 4.78 is 6.39. The number of ether oxygens (including phenoxy) is 1. The summed E-state index contributed by atoms with van der Waals surface area (Å²) in [7, 11) is 1.34. The summed E-state index contributed by atoms with van der Waals surface area (Å²) in [5, 5.41) is 18.2. The number of nitrogens with zero attached hydrogens (tertiary/aromatic N) is 3. The standard InChI is InChI=1S/C15H25N3O3/c1-3-6-13-14(15(20)21-2)16-17-18(13)10-12(19)9-11-7-4-5-8-11/h11-12,19H,3-10H2,1-2H3. The predicted octanol–water partition coefficient (Wildman–Crippen LogP) is 1.96. The molecule has 1 heterocycles. The topological polar surface area (TPSA) is 77.2 Å². The summed E-state index contributed by atoms with van der Waals surface area (Å²) in [6.45, 7) is 2.43. The number of hydrogen-bond donors (Lipinski definition) is 1. The Balaban J connectivity index is 2.04. The zero-order valence-corrected chi connectivity index (χ0v) is 12.9. The highest BCUT2D eigenvalue weighted by Gasteiger charge is 2.23.